The molecule has 1 aromatic heterocycles. The van der Waals surface area contributed by atoms with Gasteiger partial charge < -0.3 is 15.5 Å². The van der Waals surface area contributed by atoms with Crippen molar-refractivity contribution in [3.8, 4) is 0 Å². The van der Waals surface area contributed by atoms with Gasteiger partial charge in [-0.05, 0) is 37.1 Å². The molecule has 0 aliphatic carbocycles. The molecule has 2 amide bonds. The van der Waals surface area contributed by atoms with Crippen LogP contribution in [0, 0.1) is 0 Å². The fourth-order valence-corrected chi connectivity index (χ4v) is 2.97. The van der Waals surface area contributed by atoms with E-state index in [1.54, 1.807) is 36.5 Å². The van der Waals surface area contributed by atoms with Crippen LogP contribution < -0.4 is 15.5 Å². The zero-order valence-corrected chi connectivity index (χ0v) is 14.9. The van der Waals surface area contributed by atoms with Crippen LogP contribution in [0.1, 0.15) is 43.1 Å². The van der Waals surface area contributed by atoms with Crippen molar-refractivity contribution < 1.29 is 9.59 Å². The SMILES string of the molecule is CC(=O)Nc1cccc(NC(=O)c2ccnc(N3CCCCCC3)n2)c1. The van der Waals surface area contributed by atoms with Crippen LogP contribution in [0.3, 0.4) is 0 Å². The highest BCUT2D eigenvalue weighted by Gasteiger charge is 2.15. The molecule has 3 rings (SSSR count). The second kappa shape index (κ2) is 8.42. The van der Waals surface area contributed by atoms with E-state index in [1.165, 1.54) is 19.8 Å². The molecule has 0 bridgehead atoms. The van der Waals surface area contributed by atoms with Crippen LogP contribution in [-0.4, -0.2) is 34.9 Å². The molecule has 0 unspecified atom stereocenters. The average molecular weight is 353 g/mol. The molecule has 1 fully saturated rings. The Morgan fingerprint density at radius 3 is 2.38 bits per heavy atom. The number of anilines is 3. The first-order chi connectivity index (χ1) is 12.6. The van der Waals surface area contributed by atoms with Gasteiger partial charge in [0, 0.05) is 37.6 Å². The molecule has 1 saturated heterocycles. The van der Waals surface area contributed by atoms with Gasteiger partial charge in [0.15, 0.2) is 0 Å². The van der Waals surface area contributed by atoms with Crippen LogP contribution in [0.15, 0.2) is 36.5 Å². The fraction of sp³-hybridized carbons (Fsp3) is 0.368. The first kappa shape index (κ1) is 17.8. The van der Waals surface area contributed by atoms with Crippen LogP contribution in [-0.2, 0) is 4.79 Å². The second-order valence-electron chi connectivity index (χ2n) is 6.36. The van der Waals surface area contributed by atoms with Gasteiger partial charge in [0.1, 0.15) is 5.69 Å². The van der Waals surface area contributed by atoms with Gasteiger partial charge in [0.05, 0.1) is 0 Å². The maximum Gasteiger partial charge on any atom is 0.274 e. The molecule has 0 radical (unpaired) electrons. The Morgan fingerprint density at radius 2 is 1.69 bits per heavy atom. The van der Waals surface area contributed by atoms with Crippen molar-refractivity contribution in [2.45, 2.75) is 32.6 Å². The molecule has 2 N–H and O–H groups in total. The highest BCUT2D eigenvalue weighted by Crippen LogP contribution is 2.18. The number of nitrogens with one attached hydrogen (secondary N) is 2. The van der Waals surface area contributed by atoms with Crippen molar-refractivity contribution in [2.24, 2.45) is 0 Å². The third-order valence-electron chi connectivity index (χ3n) is 4.21. The first-order valence-corrected chi connectivity index (χ1v) is 8.89. The number of benzene rings is 1. The first-order valence-electron chi connectivity index (χ1n) is 8.89. The Bertz CT molecular complexity index is 785. The van der Waals surface area contributed by atoms with Gasteiger partial charge in [-0.2, -0.15) is 0 Å². The van der Waals surface area contributed by atoms with Crippen LogP contribution in [0.4, 0.5) is 17.3 Å². The van der Waals surface area contributed by atoms with E-state index >= 15 is 0 Å². The summed E-state index contributed by atoms with van der Waals surface area (Å²) in [6.45, 7) is 3.28. The minimum absolute atomic E-state index is 0.161. The predicted molar refractivity (Wildman–Crippen MR) is 101 cm³/mol. The molecular formula is C19H23N5O2. The van der Waals surface area contributed by atoms with Crippen molar-refractivity contribution in [1.82, 2.24) is 9.97 Å². The number of carbonyl (C=O) groups is 2. The van der Waals surface area contributed by atoms with Crippen molar-refractivity contribution in [3.05, 3.63) is 42.2 Å². The summed E-state index contributed by atoms with van der Waals surface area (Å²) in [5.41, 5.74) is 1.55. The quantitative estimate of drug-likeness (QED) is 0.882. The summed E-state index contributed by atoms with van der Waals surface area (Å²) in [4.78, 5) is 34.6. The molecule has 0 atom stereocenters. The van der Waals surface area contributed by atoms with Gasteiger partial charge in [-0.3, -0.25) is 9.59 Å². The van der Waals surface area contributed by atoms with Crippen LogP contribution in [0.2, 0.25) is 0 Å². The topological polar surface area (TPSA) is 87.2 Å². The predicted octanol–water partition coefficient (Wildman–Crippen LogP) is 3.07. The van der Waals surface area contributed by atoms with Gasteiger partial charge in [-0.25, -0.2) is 9.97 Å². The van der Waals surface area contributed by atoms with Gasteiger partial charge in [-0.1, -0.05) is 18.9 Å². The molecule has 2 heterocycles. The lowest BCUT2D eigenvalue weighted by atomic mass is 10.2. The van der Waals surface area contributed by atoms with E-state index in [4.69, 9.17) is 0 Å². The molecule has 0 saturated carbocycles. The molecule has 136 valence electrons. The zero-order valence-electron chi connectivity index (χ0n) is 14.9. The Kier molecular flexibility index (Phi) is 5.78. The van der Waals surface area contributed by atoms with E-state index in [9.17, 15) is 9.59 Å². The van der Waals surface area contributed by atoms with E-state index in [-0.39, 0.29) is 11.8 Å². The molecule has 1 aliphatic heterocycles. The van der Waals surface area contributed by atoms with Gasteiger partial charge >= 0.3 is 0 Å². The summed E-state index contributed by atoms with van der Waals surface area (Å²) in [5, 5.41) is 5.51. The minimum atomic E-state index is -0.302. The van der Waals surface area contributed by atoms with Crippen LogP contribution in [0.5, 0.6) is 0 Å². The molecule has 0 spiro atoms. The van der Waals surface area contributed by atoms with Crippen molar-refractivity contribution in [3.63, 3.8) is 0 Å². The highest BCUT2D eigenvalue weighted by molar-refractivity contribution is 6.03. The third-order valence-corrected chi connectivity index (χ3v) is 4.21. The molecule has 26 heavy (non-hydrogen) atoms. The molecule has 1 aromatic carbocycles. The van der Waals surface area contributed by atoms with E-state index in [0.717, 1.165) is 25.9 Å². The van der Waals surface area contributed by atoms with E-state index in [2.05, 4.69) is 25.5 Å². The monoisotopic (exact) mass is 353 g/mol. The summed E-state index contributed by atoms with van der Waals surface area (Å²) in [5.74, 6) is 0.140. The Labute approximate surface area is 152 Å². The average Bonchev–Trinajstić information content (AvgIpc) is 2.91. The van der Waals surface area contributed by atoms with Crippen LogP contribution in [0.25, 0.3) is 0 Å². The number of aromatic nitrogens is 2. The fourth-order valence-electron chi connectivity index (χ4n) is 2.97. The smallest absolute Gasteiger partial charge is 0.274 e. The van der Waals surface area contributed by atoms with E-state index in [1.807, 2.05) is 0 Å². The van der Waals surface area contributed by atoms with E-state index in [0.29, 0.717) is 23.0 Å². The summed E-state index contributed by atoms with van der Waals surface area (Å²) in [6, 6.07) is 8.60. The van der Waals surface area contributed by atoms with Crippen molar-refractivity contribution in [2.75, 3.05) is 28.6 Å². The van der Waals surface area contributed by atoms with Crippen molar-refractivity contribution >= 4 is 29.1 Å². The van der Waals surface area contributed by atoms with Gasteiger partial charge in [0.25, 0.3) is 5.91 Å². The Morgan fingerprint density at radius 1 is 1.00 bits per heavy atom. The zero-order chi connectivity index (χ0) is 18.4. The van der Waals surface area contributed by atoms with Crippen molar-refractivity contribution in [1.29, 1.82) is 0 Å². The minimum Gasteiger partial charge on any atom is -0.341 e. The molecule has 7 heteroatoms. The molecule has 7 nitrogen and oxygen atoms in total. The summed E-state index contributed by atoms with van der Waals surface area (Å²) in [7, 11) is 0. The number of carbonyl (C=O) groups excluding carboxylic acids is 2. The summed E-state index contributed by atoms with van der Waals surface area (Å²) >= 11 is 0. The third kappa shape index (κ3) is 4.78. The van der Waals surface area contributed by atoms with Crippen LogP contribution >= 0.6 is 0 Å². The maximum absolute atomic E-state index is 12.5. The maximum atomic E-state index is 12.5. The number of rotatable bonds is 4. The Balaban J connectivity index is 1.72. The number of hydrogen-bond donors (Lipinski definition) is 2. The lowest BCUT2D eigenvalue weighted by Crippen LogP contribution is -2.27. The lowest BCUT2D eigenvalue weighted by Gasteiger charge is -2.20. The summed E-state index contributed by atoms with van der Waals surface area (Å²) < 4.78 is 0. The lowest BCUT2D eigenvalue weighted by molar-refractivity contribution is -0.114. The largest absolute Gasteiger partial charge is 0.341 e. The second-order valence-corrected chi connectivity index (χ2v) is 6.36. The number of nitrogens with zero attached hydrogens (tertiary/aromatic N) is 3. The number of hydrogen-bond acceptors (Lipinski definition) is 5. The van der Waals surface area contributed by atoms with Gasteiger partial charge in [-0.15, -0.1) is 0 Å². The Hall–Kier alpha value is -2.96. The number of amides is 2. The standard InChI is InChI=1S/C19H23N5O2/c1-14(25)21-15-7-6-8-16(13-15)22-18(26)17-9-10-20-19(23-17)24-11-4-2-3-5-12-24/h6-10,13H,2-5,11-12H2,1H3,(H,21,25)(H,22,26). The normalized spacial score (nSPS) is 14.4. The van der Waals surface area contributed by atoms with Gasteiger partial charge in [0.2, 0.25) is 11.9 Å². The summed E-state index contributed by atoms with van der Waals surface area (Å²) in [6.07, 6.45) is 6.31. The molecule has 2 aromatic rings. The van der Waals surface area contributed by atoms with E-state index < -0.39 is 0 Å². The highest BCUT2D eigenvalue weighted by atomic mass is 16.2. The molecule has 1 aliphatic rings. The molecular weight excluding hydrogens is 330 g/mol.